The number of carbonyl (C=O) groups is 1. The average molecular weight is 602 g/mol. The number of nitriles is 1. The van der Waals surface area contributed by atoms with E-state index in [1.165, 1.54) is 28.8 Å². The Morgan fingerprint density at radius 1 is 1.20 bits per heavy atom. The van der Waals surface area contributed by atoms with Crippen molar-refractivity contribution in [3.8, 4) is 17.3 Å². The van der Waals surface area contributed by atoms with E-state index in [0.29, 0.717) is 35.7 Å². The monoisotopic (exact) mass is 601 g/mol. The van der Waals surface area contributed by atoms with Crippen molar-refractivity contribution in [3.63, 3.8) is 0 Å². The molecule has 216 valence electrons. The van der Waals surface area contributed by atoms with Crippen LogP contribution in [0.25, 0.3) is 11.3 Å². The smallest absolute Gasteiger partial charge is 0.259 e. The lowest BCUT2D eigenvalue weighted by atomic mass is 9.91. The summed E-state index contributed by atoms with van der Waals surface area (Å²) < 4.78 is 13.1. The summed E-state index contributed by atoms with van der Waals surface area (Å²) >= 11 is 12.3. The van der Waals surface area contributed by atoms with Crippen molar-refractivity contribution in [2.45, 2.75) is 61.9 Å². The van der Waals surface area contributed by atoms with E-state index in [9.17, 15) is 25.4 Å². The van der Waals surface area contributed by atoms with Gasteiger partial charge in [0.15, 0.2) is 6.10 Å². The number of rotatable bonds is 7. The van der Waals surface area contributed by atoms with Crippen LogP contribution in [0.5, 0.6) is 0 Å². The first-order valence-corrected chi connectivity index (χ1v) is 13.9. The summed E-state index contributed by atoms with van der Waals surface area (Å²) in [7, 11) is 1.38. The number of hydrogen-bond donors (Lipinski definition) is 3. The molecule has 13 heteroatoms. The van der Waals surface area contributed by atoms with E-state index < -0.39 is 55.1 Å². The Labute approximate surface area is 246 Å². The van der Waals surface area contributed by atoms with Gasteiger partial charge in [0, 0.05) is 28.4 Å². The van der Waals surface area contributed by atoms with Crippen molar-refractivity contribution in [1.82, 2.24) is 15.0 Å². The Hall–Kier alpha value is -3.08. The van der Waals surface area contributed by atoms with E-state index in [4.69, 9.17) is 32.7 Å². The fourth-order valence-corrected chi connectivity index (χ4v) is 6.01. The number of hydrogen-bond acceptors (Lipinski definition) is 9. The Morgan fingerprint density at radius 3 is 2.59 bits per heavy atom. The molecule has 1 aliphatic heterocycles. The van der Waals surface area contributed by atoms with Crippen LogP contribution in [-0.2, 0) is 14.3 Å². The summed E-state index contributed by atoms with van der Waals surface area (Å²) in [6, 6.07) is 12.0. The van der Waals surface area contributed by atoms with Crippen LogP contribution >= 0.6 is 23.2 Å². The van der Waals surface area contributed by atoms with E-state index in [-0.39, 0.29) is 10.6 Å². The predicted molar refractivity (Wildman–Crippen MR) is 149 cm³/mol. The first kappa shape index (κ1) is 29.4. The van der Waals surface area contributed by atoms with Crippen LogP contribution in [-0.4, -0.2) is 86.5 Å². The van der Waals surface area contributed by atoms with Gasteiger partial charge in [0.05, 0.1) is 36.6 Å². The number of aliphatic hydroxyl groups excluding tert-OH is 3. The van der Waals surface area contributed by atoms with Crippen molar-refractivity contribution in [1.29, 1.82) is 5.26 Å². The van der Waals surface area contributed by atoms with Crippen molar-refractivity contribution >= 4 is 34.8 Å². The average Bonchev–Trinajstić information content (AvgIpc) is 3.62. The minimum Gasteiger partial charge on any atom is -0.394 e. The van der Waals surface area contributed by atoms with Crippen molar-refractivity contribution in [3.05, 3.63) is 64.3 Å². The molecule has 1 aliphatic carbocycles. The summed E-state index contributed by atoms with van der Waals surface area (Å²) in [4.78, 5) is 15.8. The summed E-state index contributed by atoms with van der Waals surface area (Å²) in [6.45, 7) is -0.585. The van der Waals surface area contributed by atoms with Crippen LogP contribution in [0.4, 0.5) is 5.69 Å². The lowest BCUT2D eigenvalue weighted by Crippen LogP contribution is -2.62. The molecule has 0 spiro atoms. The molecule has 2 aliphatic rings. The minimum atomic E-state index is -1.33. The van der Waals surface area contributed by atoms with Crippen LogP contribution in [0.3, 0.4) is 0 Å². The third kappa shape index (κ3) is 5.82. The molecule has 3 aromatic rings. The number of benzene rings is 2. The van der Waals surface area contributed by atoms with E-state index in [0.717, 1.165) is 5.56 Å². The highest BCUT2D eigenvalue weighted by molar-refractivity contribution is 6.31. The minimum absolute atomic E-state index is 0.240. The highest BCUT2D eigenvalue weighted by Crippen LogP contribution is 2.37. The molecule has 0 bridgehead atoms. The number of aliphatic hydroxyl groups is 3. The molecule has 2 fully saturated rings. The molecule has 1 aromatic heterocycles. The lowest BCUT2D eigenvalue weighted by Gasteiger charge is -2.45. The van der Waals surface area contributed by atoms with Gasteiger partial charge in [-0.15, -0.1) is 5.10 Å². The summed E-state index contributed by atoms with van der Waals surface area (Å²) in [5.74, 6) is -0.581. The molecular weight excluding hydrogens is 573 g/mol. The van der Waals surface area contributed by atoms with Gasteiger partial charge in [-0.3, -0.25) is 4.79 Å². The van der Waals surface area contributed by atoms with Crippen LogP contribution in [0.1, 0.15) is 30.9 Å². The number of methoxy groups -OCH3 is 1. The third-order valence-corrected chi connectivity index (χ3v) is 8.11. The van der Waals surface area contributed by atoms with Crippen molar-refractivity contribution < 1.29 is 29.6 Å². The standard InChI is InChI=1S/C28H29Cl2N5O6/c1-40-26-24(34-13-20(32-33-34)16-5-7-17(29)8-6-16)25(38)23(14-36)41-27(26)28(39)35(21-3-2-4-22(21)37)19-10-15(12-31)9-18(30)11-19/h5-11,13,21-27,36-38H,2-4,14H2,1H3/t21-,22-,23?,24?,25?,26?,27?/m1/s1. The van der Waals surface area contributed by atoms with Gasteiger partial charge < -0.3 is 29.7 Å². The molecule has 11 nitrogen and oxygen atoms in total. The van der Waals surface area contributed by atoms with Gasteiger partial charge in [0.2, 0.25) is 0 Å². The number of nitrogens with zero attached hydrogens (tertiary/aromatic N) is 5. The maximum atomic E-state index is 14.4. The third-order valence-electron chi connectivity index (χ3n) is 7.64. The molecule has 5 unspecified atom stereocenters. The quantitative estimate of drug-likeness (QED) is 0.371. The van der Waals surface area contributed by atoms with Gasteiger partial charge in [-0.25, -0.2) is 4.68 Å². The highest BCUT2D eigenvalue weighted by atomic mass is 35.5. The van der Waals surface area contributed by atoms with E-state index >= 15 is 0 Å². The molecule has 2 heterocycles. The second-order valence-corrected chi connectivity index (χ2v) is 11.0. The normalized spacial score (nSPS) is 27.9. The number of amides is 1. The molecular formula is C28H29Cl2N5O6. The van der Waals surface area contributed by atoms with Crippen molar-refractivity contribution in [2.75, 3.05) is 18.6 Å². The first-order valence-electron chi connectivity index (χ1n) is 13.1. The summed E-state index contributed by atoms with van der Waals surface area (Å²) in [6.07, 6.45) is -2.39. The van der Waals surface area contributed by atoms with Crippen LogP contribution < -0.4 is 4.90 Å². The number of carbonyl (C=O) groups excluding carboxylic acids is 1. The zero-order valence-electron chi connectivity index (χ0n) is 22.0. The molecule has 0 radical (unpaired) electrons. The second-order valence-electron chi connectivity index (χ2n) is 10.1. The molecule has 41 heavy (non-hydrogen) atoms. The largest absolute Gasteiger partial charge is 0.394 e. The fourth-order valence-electron chi connectivity index (χ4n) is 5.65. The van der Waals surface area contributed by atoms with Crippen LogP contribution in [0.15, 0.2) is 48.7 Å². The number of aromatic nitrogens is 3. The summed E-state index contributed by atoms with van der Waals surface area (Å²) in [5.41, 5.74) is 1.79. The Bertz CT molecular complexity index is 1430. The Kier molecular flexibility index (Phi) is 8.91. The Balaban J connectivity index is 1.54. The van der Waals surface area contributed by atoms with Gasteiger partial charge >= 0.3 is 0 Å². The maximum Gasteiger partial charge on any atom is 0.259 e. The predicted octanol–water partition coefficient (Wildman–Crippen LogP) is 2.75. The molecule has 3 N–H and O–H groups in total. The lowest BCUT2D eigenvalue weighted by molar-refractivity contribution is -0.211. The van der Waals surface area contributed by atoms with E-state index in [1.807, 2.05) is 6.07 Å². The van der Waals surface area contributed by atoms with E-state index in [1.54, 1.807) is 36.5 Å². The van der Waals surface area contributed by atoms with Crippen molar-refractivity contribution in [2.24, 2.45) is 0 Å². The first-order chi connectivity index (χ1) is 19.7. The maximum absolute atomic E-state index is 14.4. The van der Waals surface area contributed by atoms with E-state index in [2.05, 4.69) is 10.3 Å². The number of halogens is 2. The number of anilines is 1. The molecule has 2 aromatic carbocycles. The Morgan fingerprint density at radius 2 is 1.95 bits per heavy atom. The topological polar surface area (TPSA) is 154 Å². The van der Waals surface area contributed by atoms with Gasteiger partial charge in [-0.2, -0.15) is 5.26 Å². The SMILES string of the molecule is COC1C(C(=O)N(c2cc(Cl)cc(C#N)c2)[C@@H]2CCC[C@H]2O)OC(CO)C(O)C1n1cc(-c2ccc(Cl)cc2)nn1. The van der Waals surface area contributed by atoms with Crippen LogP contribution in [0.2, 0.25) is 10.0 Å². The zero-order chi connectivity index (χ0) is 29.3. The van der Waals surface area contributed by atoms with Gasteiger partial charge in [0.25, 0.3) is 5.91 Å². The molecule has 1 saturated heterocycles. The molecule has 7 atom stereocenters. The summed E-state index contributed by atoms with van der Waals surface area (Å²) in [5, 5.41) is 50.9. The van der Waals surface area contributed by atoms with Gasteiger partial charge in [-0.1, -0.05) is 40.5 Å². The van der Waals surface area contributed by atoms with Crippen LogP contribution in [0, 0.1) is 11.3 Å². The number of ether oxygens (including phenoxy) is 2. The molecule has 5 rings (SSSR count). The van der Waals surface area contributed by atoms with Gasteiger partial charge in [0.1, 0.15) is 30.0 Å². The fraction of sp³-hybridized carbons (Fsp3) is 0.429. The molecule has 1 saturated carbocycles. The highest BCUT2D eigenvalue weighted by Gasteiger charge is 2.52. The zero-order valence-corrected chi connectivity index (χ0v) is 23.6. The second kappa shape index (κ2) is 12.4. The van der Waals surface area contributed by atoms with Gasteiger partial charge in [-0.05, 0) is 49.6 Å². The molecule has 1 amide bonds.